The molecule has 118 valence electrons. The van der Waals surface area contributed by atoms with Crippen molar-refractivity contribution in [3.63, 3.8) is 0 Å². The number of hydrogen-bond acceptors (Lipinski definition) is 4. The first kappa shape index (κ1) is 16.2. The predicted molar refractivity (Wildman–Crippen MR) is 77.8 cm³/mol. The van der Waals surface area contributed by atoms with E-state index >= 15 is 0 Å². The Bertz CT molecular complexity index is 261. The quantitative estimate of drug-likeness (QED) is 0.517. The third kappa shape index (κ3) is 6.53. The van der Waals surface area contributed by atoms with E-state index in [1.54, 1.807) is 0 Å². The van der Waals surface area contributed by atoms with E-state index in [1.165, 1.54) is 12.8 Å². The molecular formula is C16H30O4. The molecule has 2 aliphatic heterocycles. The Hall–Kier alpha value is -0.160. The maximum absolute atomic E-state index is 5.79. The van der Waals surface area contributed by atoms with E-state index in [1.807, 2.05) is 0 Å². The fourth-order valence-electron chi connectivity index (χ4n) is 2.36. The number of hydrogen-bond donors (Lipinski definition) is 0. The van der Waals surface area contributed by atoms with Crippen LogP contribution in [0.1, 0.15) is 33.6 Å². The molecule has 0 aromatic rings. The van der Waals surface area contributed by atoms with Crippen molar-refractivity contribution in [1.29, 1.82) is 0 Å². The third-order valence-electron chi connectivity index (χ3n) is 4.25. The highest BCUT2D eigenvalue weighted by Gasteiger charge is 2.25. The molecule has 4 nitrogen and oxygen atoms in total. The van der Waals surface area contributed by atoms with Crippen LogP contribution in [0.4, 0.5) is 0 Å². The normalized spacial score (nSPS) is 27.6. The van der Waals surface area contributed by atoms with Crippen LogP contribution in [-0.4, -0.2) is 51.8 Å². The van der Waals surface area contributed by atoms with Gasteiger partial charge in [-0.1, -0.05) is 27.2 Å². The summed E-state index contributed by atoms with van der Waals surface area (Å²) >= 11 is 0. The van der Waals surface area contributed by atoms with Crippen LogP contribution in [0.25, 0.3) is 0 Å². The first-order chi connectivity index (χ1) is 9.69. The summed E-state index contributed by atoms with van der Waals surface area (Å²) in [6.45, 7) is 11.8. The van der Waals surface area contributed by atoms with Gasteiger partial charge in [-0.25, -0.2) is 0 Å². The van der Waals surface area contributed by atoms with Gasteiger partial charge in [0.2, 0.25) is 0 Å². The fraction of sp³-hybridized carbons (Fsp3) is 1.00. The molecule has 0 N–H and O–H groups in total. The zero-order valence-electron chi connectivity index (χ0n) is 13.2. The summed E-state index contributed by atoms with van der Waals surface area (Å²) in [7, 11) is 0. The molecule has 0 bridgehead atoms. The molecular weight excluding hydrogens is 256 g/mol. The standard InChI is InChI=1S/C16H30O4/c1-4-13(6-17-8-15-10-19-15)5-14(12(2)3)7-18-9-16-11-20-16/h12-16H,4-11H2,1-3H3. The summed E-state index contributed by atoms with van der Waals surface area (Å²) in [5.41, 5.74) is 0. The average Bonchev–Trinajstić information content (AvgIpc) is 3.29. The highest BCUT2D eigenvalue weighted by atomic mass is 16.6. The van der Waals surface area contributed by atoms with Crippen LogP contribution >= 0.6 is 0 Å². The van der Waals surface area contributed by atoms with Gasteiger partial charge in [0, 0.05) is 13.2 Å². The van der Waals surface area contributed by atoms with E-state index in [2.05, 4.69) is 20.8 Å². The lowest BCUT2D eigenvalue weighted by Gasteiger charge is -2.25. The predicted octanol–water partition coefficient (Wildman–Crippen LogP) is 2.51. The minimum Gasteiger partial charge on any atom is -0.378 e. The van der Waals surface area contributed by atoms with Crippen molar-refractivity contribution in [1.82, 2.24) is 0 Å². The summed E-state index contributed by atoms with van der Waals surface area (Å²) in [5, 5.41) is 0. The van der Waals surface area contributed by atoms with E-state index < -0.39 is 0 Å². The second-order valence-corrected chi connectivity index (χ2v) is 6.50. The largest absolute Gasteiger partial charge is 0.378 e. The molecule has 0 aromatic heterocycles. The van der Waals surface area contributed by atoms with Gasteiger partial charge in [0.15, 0.2) is 0 Å². The molecule has 4 atom stereocenters. The lowest BCUT2D eigenvalue weighted by molar-refractivity contribution is 0.0400. The van der Waals surface area contributed by atoms with Crippen molar-refractivity contribution < 1.29 is 18.9 Å². The lowest BCUT2D eigenvalue weighted by Crippen LogP contribution is -2.23. The lowest BCUT2D eigenvalue weighted by atomic mass is 9.86. The molecule has 0 saturated carbocycles. The van der Waals surface area contributed by atoms with Crippen molar-refractivity contribution in [3.05, 3.63) is 0 Å². The maximum atomic E-state index is 5.79. The molecule has 2 heterocycles. The Kier molecular flexibility index (Phi) is 6.75. The third-order valence-corrected chi connectivity index (χ3v) is 4.25. The SMILES string of the molecule is CCC(COCC1CO1)CC(COCC1CO1)C(C)C. The van der Waals surface area contributed by atoms with Gasteiger partial charge >= 0.3 is 0 Å². The first-order valence-electron chi connectivity index (χ1n) is 8.07. The maximum Gasteiger partial charge on any atom is 0.104 e. The highest BCUT2D eigenvalue weighted by molar-refractivity contribution is 4.72. The van der Waals surface area contributed by atoms with E-state index in [9.17, 15) is 0 Å². The first-order valence-corrected chi connectivity index (χ1v) is 8.07. The van der Waals surface area contributed by atoms with Crippen LogP contribution in [0, 0.1) is 17.8 Å². The monoisotopic (exact) mass is 286 g/mol. The number of rotatable bonds is 12. The van der Waals surface area contributed by atoms with Crippen molar-refractivity contribution >= 4 is 0 Å². The van der Waals surface area contributed by atoms with Gasteiger partial charge in [-0.3, -0.25) is 0 Å². The van der Waals surface area contributed by atoms with Gasteiger partial charge in [-0.2, -0.15) is 0 Å². The van der Waals surface area contributed by atoms with Crippen molar-refractivity contribution in [2.45, 2.75) is 45.8 Å². The van der Waals surface area contributed by atoms with E-state index in [0.29, 0.717) is 30.0 Å². The summed E-state index contributed by atoms with van der Waals surface area (Å²) in [6, 6.07) is 0. The van der Waals surface area contributed by atoms with E-state index in [0.717, 1.165) is 39.6 Å². The molecule has 20 heavy (non-hydrogen) atoms. The zero-order valence-corrected chi connectivity index (χ0v) is 13.2. The summed E-state index contributed by atoms with van der Waals surface area (Å²) in [5.74, 6) is 1.89. The van der Waals surface area contributed by atoms with Crippen LogP contribution in [0.5, 0.6) is 0 Å². The van der Waals surface area contributed by atoms with Gasteiger partial charge in [-0.15, -0.1) is 0 Å². The van der Waals surface area contributed by atoms with Crippen molar-refractivity contribution in [3.8, 4) is 0 Å². The zero-order chi connectivity index (χ0) is 14.4. The minimum absolute atomic E-state index is 0.367. The molecule has 0 aliphatic carbocycles. The fourth-order valence-corrected chi connectivity index (χ4v) is 2.36. The summed E-state index contributed by atoms with van der Waals surface area (Å²) in [4.78, 5) is 0. The molecule has 4 unspecified atom stereocenters. The molecule has 0 spiro atoms. The minimum atomic E-state index is 0.367. The smallest absolute Gasteiger partial charge is 0.104 e. The van der Waals surface area contributed by atoms with Crippen LogP contribution in [0.2, 0.25) is 0 Å². The van der Waals surface area contributed by atoms with E-state index in [4.69, 9.17) is 18.9 Å². The van der Waals surface area contributed by atoms with Gasteiger partial charge in [0.1, 0.15) is 12.2 Å². The Balaban J connectivity index is 1.62. The van der Waals surface area contributed by atoms with Gasteiger partial charge in [0.25, 0.3) is 0 Å². The Labute approximate surface area is 123 Å². The highest BCUT2D eigenvalue weighted by Crippen LogP contribution is 2.24. The van der Waals surface area contributed by atoms with Crippen LogP contribution in [0.3, 0.4) is 0 Å². The van der Waals surface area contributed by atoms with Gasteiger partial charge < -0.3 is 18.9 Å². The van der Waals surface area contributed by atoms with Crippen LogP contribution in [0.15, 0.2) is 0 Å². The average molecular weight is 286 g/mol. The number of ether oxygens (including phenoxy) is 4. The summed E-state index contributed by atoms with van der Waals surface area (Å²) in [6.07, 6.45) is 3.09. The number of epoxide rings is 2. The topological polar surface area (TPSA) is 43.5 Å². The van der Waals surface area contributed by atoms with Crippen molar-refractivity contribution in [2.24, 2.45) is 17.8 Å². The molecule has 0 amide bonds. The molecule has 0 radical (unpaired) electrons. The molecule has 2 rings (SSSR count). The Morgan fingerprint density at radius 3 is 2.00 bits per heavy atom. The van der Waals surface area contributed by atoms with Crippen LogP contribution in [-0.2, 0) is 18.9 Å². The van der Waals surface area contributed by atoms with Gasteiger partial charge in [0.05, 0.1) is 26.4 Å². The Morgan fingerprint density at radius 2 is 1.55 bits per heavy atom. The van der Waals surface area contributed by atoms with Crippen molar-refractivity contribution in [2.75, 3.05) is 39.6 Å². The molecule has 2 aliphatic rings. The van der Waals surface area contributed by atoms with Gasteiger partial charge in [-0.05, 0) is 24.2 Å². The summed E-state index contributed by atoms with van der Waals surface area (Å²) < 4.78 is 21.9. The van der Waals surface area contributed by atoms with Crippen LogP contribution < -0.4 is 0 Å². The van der Waals surface area contributed by atoms with E-state index in [-0.39, 0.29) is 0 Å². The molecule has 0 aromatic carbocycles. The second-order valence-electron chi connectivity index (χ2n) is 6.50. The Morgan fingerprint density at radius 1 is 1.00 bits per heavy atom. The molecule has 4 heteroatoms. The molecule has 2 fully saturated rings. The molecule has 2 saturated heterocycles. The second kappa shape index (κ2) is 8.32.